The molecule has 8 heteroatoms. The lowest BCUT2D eigenvalue weighted by Gasteiger charge is -2.15. The number of alkyl halides is 3. The summed E-state index contributed by atoms with van der Waals surface area (Å²) in [4.78, 5) is 3.98. The van der Waals surface area contributed by atoms with Crippen LogP contribution in [0.25, 0.3) is 0 Å². The van der Waals surface area contributed by atoms with Gasteiger partial charge in [0.05, 0.1) is 29.5 Å². The average Bonchev–Trinajstić information content (AvgIpc) is 2.40. The molecule has 1 aromatic carbocycles. The molecule has 0 aliphatic rings. The van der Waals surface area contributed by atoms with Gasteiger partial charge in [-0.05, 0) is 24.3 Å². The third-order valence-corrected chi connectivity index (χ3v) is 2.97. The van der Waals surface area contributed by atoms with Gasteiger partial charge in [0.1, 0.15) is 0 Å². The smallest absolute Gasteiger partial charge is 0.404 e. The van der Waals surface area contributed by atoms with Crippen molar-refractivity contribution in [1.82, 2.24) is 4.98 Å². The molecule has 0 aliphatic heterocycles. The third-order valence-electron chi connectivity index (χ3n) is 2.48. The van der Waals surface area contributed by atoms with E-state index in [4.69, 9.17) is 0 Å². The first-order chi connectivity index (χ1) is 9.87. The number of anilines is 3. The number of aromatic nitrogens is 1. The van der Waals surface area contributed by atoms with Gasteiger partial charge in [-0.15, -0.1) is 13.2 Å². The normalized spacial score (nSPS) is 11.1. The van der Waals surface area contributed by atoms with Crippen molar-refractivity contribution in [2.45, 2.75) is 6.36 Å². The quantitative estimate of drug-likeness (QED) is 0.839. The Hall–Kier alpha value is -1.96. The zero-order chi connectivity index (χ0) is 15.5. The molecule has 1 heterocycles. The molecule has 0 radical (unpaired) electrons. The fraction of sp³-hybridized carbons (Fsp3) is 0.154. The van der Waals surface area contributed by atoms with Crippen LogP contribution in [0.4, 0.5) is 30.2 Å². The standard InChI is InChI=1S/C13H11BrF3N3O/c1-18-9-5-10(7-19-6-9)20-11-3-2-8(14)4-12(11)21-13(15,16)17/h2-7,18,20H,1H3. The molecular weight excluding hydrogens is 351 g/mol. The van der Waals surface area contributed by atoms with Crippen molar-refractivity contribution >= 4 is 33.0 Å². The SMILES string of the molecule is CNc1cncc(Nc2ccc(Br)cc2OC(F)(F)F)c1. The number of hydrogen-bond donors (Lipinski definition) is 2. The fourth-order valence-electron chi connectivity index (χ4n) is 1.61. The lowest BCUT2D eigenvalue weighted by Crippen LogP contribution is -2.18. The minimum atomic E-state index is -4.76. The van der Waals surface area contributed by atoms with E-state index in [0.717, 1.165) is 5.69 Å². The molecule has 0 aliphatic carbocycles. The van der Waals surface area contributed by atoms with E-state index in [1.54, 1.807) is 25.4 Å². The molecular formula is C13H11BrF3N3O. The summed E-state index contributed by atoms with van der Waals surface area (Å²) in [6.45, 7) is 0. The first-order valence-corrected chi connectivity index (χ1v) is 6.62. The number of rotatable bonds is 4. The van der Waals surface area contributed by atoms with Crippen molar-refractivity contribution in [3.63, 3.8) is 0 Å². The molecule has 0 saturated heterocycles. The Labute approximate surface area is 127 Å². The highest BCUT2D eigenvalue weighted by molar-refractivity contribution is 9.10. The van der Waals surface area contributed by atoms with Crippen molar-refractivity contribution in [2.24, 2.45) is 0 Å². The number of hydrogen-bond acceptors (Lipinski definition) is 4. The number of pyridine rings is 1. The van der Waals surface area contributed by atoms with Crippen LogP contribution in [0.2, 0.25) is 0 Å². The molecule has 2 N–H and O–H groups in total. The van der Waals surface area contributed by atoms with E-state index in [-0.39, 0.29) is 11.4 Å². The Bertz CT molecular complexity index is 634. The molecule has 0 bridgehead atoms. The van der Waals surface area contributed by atoms with Gasteiger partial charge in [0.2, 0.25) is 0 Å². The van der Waals surface area contributed by atoms with Crippen LogP contribution in [0.5, 0.6) is 5.75 Å². The van der Waals surface area contributed by atoms with Crippen molar-refractivity contribution in [3.8, 4) is 5.75 Å². The molecule has 0 spiro atoms. The van der Waals surface area contributed by atoms with Gasteiger partial charge in [0, 0.05) is 11.5 Å². The number of halogens is 4. The van der Waals surface area contributed by atoms with Crippen LogP contribution >= 0.6 is 15.9 Å². The minimum Gasteiger partial charge on any atom is -0.404 e. The second-order valence-corrected chi connectivity index (χ2v) is 4.94. The Morgan fingerprint density at radius 3 is 2.52 bits per heavy atom. The van der Waals surface area contributed by atoms with Crippen molar-refractivity contribution < 1.29 is 17.9 Å². The van der Waals surface area contributed by atoms with Crippen LogP contribution in [-0.2, 0) is 0 Å². The van der Waals surface area contributed by atoms with Gasteiger partial charge in [-0.25, -0.2) is 0 Å². The number of nitrogens with zero attached hydrogens (tertiary/aromatic N) is 1. The highest BCUT2D eigenvalue weighted by atomic mass is 79.9. The molecule has 2 rings (SSSR count). The van der Waals surface area contributed by atoms with Crippen LogP contribution < -0.4 is 15.4 Å². The Morgan fingerprint density at radius 1 is 1.14 bits per heavy atom. The Morgan fingerprint density at radius 2 is 1.86 bits per heavy atom. The number of ether oxygens (including phenoxy) is 1. The summed E-state index contributed by atoms with van der Waals surface area (Å²) in [5, 5.41) is 5.74. The topological polar surface area (TPSA) is 46.2 Å². The zero-order valence-corrected chi connectivity index (χ0v) is 12.4. The Balaban J connectivity index is 2.30. The highest BCUT2D eigenvalue weighted by Gasteiger charge is 2.32. The van der Waals surface area contributed by atoms with Crippen molar-refractivity contribution in [1.29, 1.82) is 0 Å². The van der Waals surface area contributed by atoms with E-state index >= 15 is 0 Å². The molecule has 0 fully saturated rings. The molecule has 2 aromatic rings. The van der Waals surface area contributed by atoms with E-state index in [2.05, 4.69) is 36.3 Å². The molecule has 0 saturated carbocycles. The van der Waals surface area contributed by atoms with Gasteiger partial charge in [-0.3, -0.25) is 4.98 Å². The molecule has 0 amide bonds. The summed E-state index contributed by atoms with van der Waals surface area (Å²) < 4.78 is 41.8. The first-order valence-electron chi connectivity index (χ1n) is 5.82. The van der Waals surface area contributed by atoms with Crippen molar-refractivity contribution in [2.75, 3.05) is 17.7 Å². The summed E-state index contributed by atoms with van der Waals surface area (Å²) in [6.07, 6.45) is -1.66. The lowest BCUT2D eigenvalue weighted by atomic mass is 10.2. The summed E-state index contributed by atoms with van der Waals surface area (Å²) in [5.41, 5.74) is 1.46. The average molecular weight is 362 g/mol. The summed E-state index contributed by atoms with van der Waals surface area (Å²) >= 11 is 3.11. The van der Waals surface area contributed by atoms with Crippen LogP contribution in [0.3, 0.4) is 0 Å². The van der Waals surface area contributed by atoms with E-state index in [9.17, 15) is 13.2 Å². The predicted molar refractivity (Wildman–Crippen MR) is 77.9 cm³/mol. The van der Waals surface area contributed by atoms with Crippen LogP contribution in [0, 0.1) is 0 Å². The van der Waals surface area contributed by atoms with E-state index in [0.29, 0.717) is 10.2 Å². The predicted octanol–water partition coefficient (Wildman–Crippen LogP) is 4.53. The second kappa shape index (κ2) is 6.21. The summed E-state index contributed by atoms with van der Waals surface area (Å²) in [6, 6.07) is 6.05. The molecule has 112 valence electrons. The van der Waals surface area contributed by atoms with E-state index in [1.165, 1.54) is 18.3 Å². The van der Waals surface area contributed by atoms with Gasteiger partial charge >= 0.3 is 6.36 Å². The maximum absolute atomic E-state index is 12.4. The summed E-state index contributed by atoms with van der Waals surface area (Å²) in [7, 11) is 1.72. The van der Waals surface area contributed by atoms with Gasteiger partial charge in [0.15, 0.2) is 5.75 Å². The maximum atomic E-state index is 12.4. The lowest BCUT2D eigenvalue weighted by molar-refractivity contribution is -0.274. The van der Waals surface area contributed by atoms with Gasteiger partial charge < -0.3 is 15.4 Å². The molecule has 0 atom stereocenters. The third kappa shape index (κ3) is 4.52. The monoisotopic (exact) mass is 361 g/mol. The zero-order valence-electron chi connectivity index (χ0n) is 10.8. The molecule has 21 heavy (non-hydrogen) atoms. The molecule has 0 unspecified atom stereocenters. The molecule has 4 nitrogen and oxygen atoms in total. The largest absolute Gasteiger partial charge is 0.573 e. The minimum absolute atomic E-state index is 0.186. The highest BCUT2D eigenvalue weighted by Crippen LogP contribution is 2.34. The fourth-order valence-corrected chi connectivity index (χ4v) is 1.95. The van der Waals surface area contributed by atoms with Gasteiger partial charge in [-0.1, -0.05) is 15.9 Å². The van der Waals surface area contributed by atoms with Gasteiger partial charge in [-0.2, -0.15) is 0 Å². The second-order valence-electron chi connectivity index (χ2n) is 4.03. The number of nitrogens with one attached hydrogen (secondary N) is 2. The maximum Gasteiger partial charge on any atom is 0.573 e. The van der Waals surface area contributed by atoms with Crippen LogP contribution in [0.15, 0.2) is 41.1 Å². The van der Waals surface area contributed by atoms with Crippen LogP contribution in [0.1, 0.15) is 0 Å². The Kier molecular flexibility index (Phi) is 4.56. The van der Waals surface area contributed by atoms with Crippen molar-refractivity contribution in [3.05, 3.63) is 41.1 Å². The van der Waals surface area contributed by atoms with Crippen LogP contribution in [-0.4, -0.2) is 18.4 Å². The van der Waals surface area contributed by atoms with E-state index < -0.39 is 6.36 Å². The number of benzene rings is 1. The summed E-state index contributed by atoms with van der Waals surface area (Å²) in [5.74, 6) is -0.327. The van der Waals surface area contributed by atoms with E-state index in [1.807, 2.05) is 0 Å². The van der Waals surface area contributed by atoms with Gasteiger partial charge in [0.25, 0.3) is 0 Å². The molecule has 1 aromatic heterocycles. The first kappa shape index (κ1) is 15.4.